The normalized spacial score (nSPS) is 20.8. The molecule has 7 heteroatoms. The van der Waals surface area contributed by atoms with Gasteiger partial charge in [-0.1, -0.05) is 19.3 Å². The summed E-state index contributed by atoms with van der Waals surface area (Å²) >= 11 is -1.62. The fourth-order valence-electron chi connectivity index (χ4n) is 1.25. The summed E-state index contributed by atoms with van der Waals surface area (Å²) in [7, 11) is 14.8. The summed E-state index contributed by atoms with van der Waals surface area (Å²) in [6.07, 6.45) is 7.12. The third-order valence-electron chi connectivity index (χ3n) is 2.11. The zero-order valence-electron chi connectivity index (χ0n) is 10.9. The molecular weight excluding hydrogens is 350 g/mol. The van der Waals surface area contributed by atoms with Crippen molar-refractivity contribution in [2.24, 2.45) is 0 Å². The fourth-order valence-corrected chi connectivity index (χ4v) is 1.25. The Balaban J connectivity index is 0.000000229. The fraction of sp³-hybridized carbons (Fsp3) is 0.750. The van der Waals surface area contributed by atoms with E-state index in [1.807, 2.05) is 19.8 Å². The van der Waals surface area contributed by atoms with Crippen LogP contribution >= 0.6 is 30.1 Å². The molecule has 3 aliphatic heterocycles. The molecule has 3 heterocycles. The quantitative estimate of drug-likeness (QED) is 0.564. The van der Waals surface area contributed by atoms with Crippen LogP contribution in [0.1, 0.15) is 38.5 Å². The van der Waals surface area contributed by atoms with Crippen molar-refractivity contribution in [2.75, 3.05) is 19.8 Å². The molecule has 0 atom stereocenters. The summed E-state index contributed by atoms with van der Waals surface area (Å²) in [5.74, 6) is 0. The molecule has 3 saturated heterocycles. The van der Waals surface area contributed by atoms with Gasteiger partial charge in [0.1, 0.15) is 0 Å². The zero-order valence-corrected chi connectivity index (χ0v) is 14.4. The van der Waals surface area contributed by atoms with Crippen molar-refractivity contribution in [1.29, 1.82) is 0 Å². The summed E-state index contributed by atoms with van der Waals surface area (Å²) in [5, 5.41) is 0. The number of ether oxygens (including phenoxy) is 3. The van der Waals surface area contributed by atoms with Crippen LogP contribution in [0.15, 0.2) is 0 Å². The summed E-state index contributed by atoms with van der Waals surface area (Å²) in [6, 6.07) is 0. The van der Waals surface area contributed by atoms with Gasteiger partial charge in [-0.3, -0.25) is 0 Å². The van der Waals surface area contributed by atoms with Crippen LogP contribution in [0.5, 0.6) is 0 Å². The molecule has 0 aromatic heterocycles. The first-order chi connectivity index (χ1) is 9.23. The van der Waals surface area contributed by atoms with Crippen molar-refractivity contribution in [2.45, 2.75) is 38.5 Å². The molecule has 19 heavy (non-hydrogen) atoms. The van der Waals surface area contributed by atoms with Gasteiger partial charge in [0.25, 0.3) is 0 Å². The average Bonchev–Trinajstić information content (AvgIpc) is 3.18. The van der Waals surface area contributed by atoms with E-state index >= 15 is 0 Å². The topological polar surface area (TPSA) is 27.7 Å². The molecule has 0 spiro atoms. The van der Waals surface area contributed by atoms with E-state index in [1.54, 1.807) is 0 Å². The van der Waals surface area contributed by atoms with Gasteiger partial charge in [-0.25, -0.2) is 19.8 Å². The monoisotopic (exact) mass is 370 g/mol. The van der Waals surface area contributed by atoms with Crippen molar-refractivity contribution in [1.82, 2.24) is 0 Å². The maximum atomic E-state index is 4.93. The van der Waals surface area contributed by atoms with Crippen LogP contribution in [0.2, 0.25) is 0 Å². The molecule has 0 saturated carbocycles. The number of hydrogen-bond acceptors (Lipinski definition) is 3. The first kappa shape index (κ1) is 20.3. The predicted molar refractivity (Wildman–Crippen MR) is 76.0 cm³/mol. The van der Waals surface area contributed by atoms with E-state index in [-0.39, 0.29) is 0 Å². The Morgan fingerprint density at radius 3 is 0.947 bits per heavy atom. The number of rotatable bonds is 0. The second-order valence-corrected chi connectivity index (χ2v) is 10.0. The van der Waals surface area contributed by atoms with Crippen LogP contribution in [0.3, 0.4) is 0 Å². The van der Waals surface area contributed by atoms with Crippen molar-refractivity contribution < 1.29 is 25.6 Å². The average molecular weight is 372 g/mol. The van der Waals surface area contributed by atoms with Gasteiger partial charge in [-0.2, -0.15) is 19.3 Å². The molecule has 0 amide bonds. The Morgan fingerprint density at radius 2 is 0.895 bits per heavy atom. The van der Waals surface area contributed by atoms with Gasteiger partial charge < -0.3 is 14.2 Å². The van der Waals surface area contributed by atoms with Crippen LogP contribution in [0, 0.1) is 19.8 Å². The molecule has 3 nitrogen and oxygen atoms in total. The molecule has 3 aliphatic rings. The van der Waals surface area contributed by atoms with Gasteiger partial charge in [0.05, 0.1) is 0 Å². The molecule has 0 unspecified atom stereocenters. The van der Waals surface area contributed by atoms with Gasteiger partial charge >= 0.3 is 41.5 Å². The van der Waals surface area contributed by atoms with Gasteiger partial charge in [-0.05, 0) is 0 Å². The van der Waals surface area contributed by atoms with Gasteiger partial charge in [-0.15, -0.1) is 0 Å². The Hall–Kier alpha value is 1.28. The van der Waals surface area contributed by atoms with E-state index in [0.29, 0.717) is 0 Å². The molecule has 0 bridgehead atoms. The summed E-state index contributed by atoms with van der Waals surface area (Å²) < 4.78 is 14.5. The Bertz CT molecular complexity index is 115. The second-order valence-electron chi connectivity index (χ2n) is 3.71. The molecule has 117 valence electrons. The predicted octanol–water partition coefficient (Wildman–Crippen LogP) is 4.94. The Labute approximate surface area is 133 Å². The third kappa shape index (κ3) is 21.7. The molecule has 0 aliphatic carbocycles. The summed E-state index contributed by atoms with van der Waals surface area (Å²) in [4.78, 5) is 0. The van der Waals surface area contributed by atoms with Gasteiger partial charge in [0.2, 0.25) is 0 Å². The Morgan fingerprint density at radius 1 is 0.632 bits per heavy atom. The summed E-state index contributed by atoms with van der Waals surface area (Å²) in [6.45, 7) is 8.42. The molecule has 0 radical (unpaired) electrons. The molecule has 0 aromatic rings. The van der Waals surface area contributed by atoms with Crippen LogP contribution in [-0.2, 0) is 25.6 Å². The van der Waals surface area contributed by atoms with E-state index in [9.17, 15) is 0 Å². The van der Waals surface area contributed by atoms with Crippen molar-refractivity contribution >= 4 is 30.1 Å². The third-order valence-corrected chi connectivity index (χ3v) is 2.11. The molecule has 0 N–H and O–H groups in total. The molecule has 3 fully saturated rings. The van der Waals surface area contributed by atoms with Gasteiger partial charge in [0.15, 0.2) is 0 Å². The Kier molecular flexibility index (Phi) is 18.5. The standard InChI is InChI=1S/3C4H7O.3ClH.Cr/c3*1-2-4-5-3-1;;;;/h3*3H,1-2,4H2;3*1H;/q3*-1;;;;+3/p-3. The van der Waals surface area contributed by atoms with Crippen LogP contribution in [0.25, 0.3) is 0 Å². The maximum absolute atomic E-state index is 4.93. The van der Waals surface area contributed by atoms with E-state index < -0.39 is 11.4 Å². The van der Waals surface area contributed by atoms with Crippen molar-refractivity contribution in [3.63, 3.8) is 0 Å². The zero-order chi connectivity index (χ0) is 14.2. The minimum atomic E-state index is -1.62. The van der Waals surface area contributed by atoms with Crippen LogP contribution in [0.4, 0.5) is 0 Å². The number of hydrogen-bond donors (Lipinski definition) is 0. The number of halogens is 3. The molecular formula is C12H21Cl3CrO3-3. The van der Waals surface area contributed by atoms with Crippen molar-refractivity contribution in [3.05, 3.63) is 19.8 Å². The first-order valence-electron chi connectivity index (χ1n) is 6.26. The summed E-state index contributed by atoms with van der Waals surface area (Å²) in [5.41, 5.74) is 0. The van der Waals surface area contributed by atoms with Crippen LogP contribution < -0.4 is 0 Å². The minimum absolute atomic E-state index is 0.944. The molecule has 3 rings (SSSR count). The van der Waals surface area contributed by atoms with E-state index in [0.717, 1.165) is 39.1 Å². The van der Waals surface area contributed by atoms with E-state index in [4.69, 9.17) is 44.4 Å². The second kappa shape index (κ2) is 17.3. The van der Waals surface area contributed by atoms with E-state index in [2.05, 4.69) is 0 Å². The first-order valence-corrected chi connectivity index (χ1v) is 11.5. The van der Waals surface area contributed by atoms with Crippen molar-refractivity contribution in [3.8, 4) is 0 Å². The molecule has 0 aromatic carbocycles. The van der Waals surface area contributed by atoms with Crippen LogP contribution in [-0.4, -0.2) is 19.8 Å². The van der Waals surface area contributed by atoms with Gasteiger partial charge in [0, 0.05) is 19.8 Å². The van der Waals surface area contributed by atoms with E-state index in [1.165, 1.54) is 19.3 Å². The SMILES string of the molecule is [CH-]1CCCO1.[CH-]1CCCO1.[CH-]1CCCO1.[Cl][Cr]([Cl])[Cl].